The SMILES string of the molecule is COc1cc2c3c(nc(O[C@H]4CN[C@H](C(=O)O)C4)c2cc1Br)CCCC3.Cl. The highest BCUT2D eigenvalue weighted by atomic mass is 79.9. The molecule has 2 N–H and O–H groups in total. The molecule has 0 amide bonds. The summed E-state index contributed by atoms with van der Waals surface area (Å²) in [5.74, 6) is 0.532. The largest absolute Gasteiger partial charge is 0.496 e. The average molecular weight is 458 g/mol. The van der Waals surface area contributed by atoms with Crippen LogP contribution in [-0.4, -0.2) is 41.9 Å². The number of carboxylic acids is 1. The zero-order valence-corrected chi connectivity index (χ0v) is 17.4. The van der Waals surface area contributed by atoms with E-state index in [4.69, 9.17) is 19.6 Å². The molecule has 0 saturated carbocycles. The van der Waals surface area contributed by atoms with Crippen LogP contribution in [0.1, 0.15) is 30.5 Å². The number of fused-ring (bicyclic) bond motifs is 3. The number of carboxylic acid groups (broad SMARTS) is 1. The molecule has 1 aliphatic carbocycles. The summed E-state index contributed by atoms with van der Waals surface area (Å²) in [4.78, 5) is 16.0. The Labute approximate surface area is 172 Å². The average Bonchev–Trinajstić information content (AvgIpc) is 3.10. The minimum absolute atomic E-state index is 0. The predicted octanol–water partition coefficient (Wildman–Crippen LogP) is 3.50. The minimum Gasteiger partial charge on any atom is -0.496 e. The second kappa shape index (κ2) is 8.20. The molecular weight excluding hydrogens is 436 g/mol. The van der Waals surface area contributed by atoms with Crippen molar-refractivity contribution in [3.8, 4) is 11.6 Å². The molecule has 27 heavy (non-hydrogen) atoms. The molecule has 2 atom stereocenters. The highest BCUT2D eigenvalue weighted by Gasteiger charge is 2.31. The molecule has 0 unspecified atom stereocenters. The molecular formula is C19H22BrClN2O4. The van der Waals surface area contributed by atoms with Gasteiger partial charge in [0.2, 0.25) is 5.88 Å². The number of hydrogen-bond donors (Lipinski definition) is 2. The maximum absolute atomic E-state index is 11.2. The number of aromatic nitrogens is 1. The third kappa shape index (κ3) is 3.86. The Morgan fingerprint density at radius 3 is 2.78 bits per heavy atom. The van der Waals surface area contributed by atoms with Gasteiger partial charge < -0.3 is 19.9 Å². The van der Waals surface area contributed by atoms with Gasteiger partial charge >= 0.3 is 5.97 Å². The number of nitrogens with zero attached hydrogens (tertiary/aromatic N) is 1. The Kier molecular flexibility index (Phi) is 6.13. The molecule has 1 aromatic heterocycles. The molecule has 0 radical (unpaired) electrons. The summed E-state index contributed by atoms with van der Waals surface area (Å²) in [5, 5.41) is 14.2. The number of carbonyl (C=O) groups is 1. The van der Waals surface area contributed by atoms with Crippen molar-refractivity contribution >= 4 is 45.1 Å². The number of nitrogens with one attached hydrogen (secondary N) is 1. The molecule has 1 saturated heterocycles. The fourth-order valence-electron chi connectivity index (χ4n) is 3.85. The van der Waals surface area contributed by atoms with Crippen LogP contribution in [0.4, 0.5) is 0 Å². The van der Waals surface area contributed by atoms with Gasteiger partial charge in [-0.15, -0.1) is 12.4 Å². The van der Waals surface area contributed by atoms with E-state index >= 15 is 0 Å². The van der Waals surface area contributed by atoms with E-state index in [1.165, 1.54) is 5.56 Å². The summed E-state index contributed by atoms with van der Waals surface area (Å²) in [6.07, 6.45) is 4.48. The summed E-state index contributed by atoms with van der Waals surface area (Å²) in [6, 6.07) is 3.48. The molecule has 146 valence electrons. The highest BCUT2D eigenvalue weighted by Crippen LogP contribution is 2.39. The van der Waals surface area contributed by atoms with Crippen LogP contribution in [0.5, 0.6) is 11.6 Å². The Hall–Kier alpha value is -1.57. The Morgan fingerprint density at radius 2 is 2.07 bits per heavy atom. The van der Waals surface area contributed by atoms with E-state index in [1.807, 2.05) is 12.1 Å². The quantitative estimate of drug-likeness (QED) is 0.731. The van der Waals surface area contributed by atoms with Crippen molar-refractivity contribution < 1.29 is 19.4 Å². The van der Waals surface area contributed by atoms with Gasteiger partial charge in [-0.05, 0) is 64.7 Å². The third-order valence-corrected chi connectivity index (χ3v) is 5.81. The Balaban J connectivity index is 0.00000210. The van der Waals surface area contributed by atoms with Gasteiger partial charge in [0.1, 0.15) is 17.9 Å². The van der Waals surface area contributed by atoms with Gasteiger partial charge in [-0.1, -0.05) is 0 Å². The fraction of sp³-hybridized carbons (Fsp3) is 0.474. The van der Waals surface area contributed by atoms with E-state index in [9.17, 15) is 4.79 Å². The van der Waals surface area contributed by atoms with Crippen LogP contribution in [0, 0.1) is 0 Å². The second-order valence-corrected chi connectivity index (χ2v) is 7.71. The number of hydrogen-bond acceptors (Lipinski definition) is 5. The molecule has 2 aliphatic rings. The van der Waals surface area contributed by atoms with Crippen molar-refractivity contribution in [2.24, 2.45) is 0 Å². The van der Waals surface area contributed by atoms with Gasteiger partial charge in [0.25, 0.3) is 0 Å². The van der Waals surface area contributed by atoms with Crippen molar-refractivity contribution in [3.05, 3.63) is 27.9 Å². The summed E-state index contributed by atoms with van der Waals surface area (Å²) in [6.45, 7) is 0.508. The fourth-order valence-corrected chi connectivity index (χ4v) is 4.36. The van der Waals surface area contributed by atoms with Gasteiger partial charge in [0, 0.05) is 24.0 Å². The van der Waals surface area contributed by atoms with Crippen LogP contribution in [0.2, 0.25) is 0 Å². The zero-order valence-electron chi connectivity index (χ0n) is 15.0. The Bertz CT molecular complexity index is 877. The second-order valence-electron chi connectivity index (χ2n) is 6.86. The highest BCUT2D eigenvalue weighted by molar-refractivity contribution is 9.10. The van der Waals surface area contributed by atoms with Crippen LogP contribution >= 0.6 is 28.3 Å². The standard InChI is InChI=1S/C19H21BrN2O4.ClH/c1-25-17-8-12-11-4-2-3-5-15(11)22-18(13(12)7-14(17)20)26-10-6-16(19(23)24)21-9-10;/h7-8,10,16,21H,2-6,9H2,1H3,(H,23,24);1H/t10-,16+;/m1./s1. The Morgan fingerprint density at radius 1 is 1.30 bits per heavy atom. The molecule has 2 aromatic rings. The zero-order chi connectivity index (χ0) is 18.3. The summed E-state index contributed by atoms with van der Waals surface area (Å²) >= 11 is 3.55. The number of rotatable bonds is 4. The number of methoxy groups -OCH3 is 1. The molecule has 6 nitrogen and oxygen atoms in total. The maximum Gasteiger partial charge on any atom is 0.320 e. The number of aliphatic carboxylic acids is 1. The normalized spacial score (nSPS) is 21.4. The van der Waals surface area contributed by atoms with Gasteiger partial charge in [0.15, 0.2) is 0 Å². The van der Waals surface area contributed by atoms with Crippen LogP contribution < -0.4 is 14.8 Å². The van der Waals surface area contributed by atoms with Crippen molar-refractivity contribution in [3.63, 3.8) is 0 Å². The molecule has 8 heteroatoms. The first-order valence-electron chi connectivity index (χ1n) is 8.88. The number of aryl methyl sites for hydroxylation is 2. The smallest absolute Gasteiger partial charge is 0.320 e. The summed E-state index contributed by atoms with van der Waals surface area (Å²) in [5.41, 5.74) is 2.36. The molecule has 1 aromatic carbocycles. The van der Waals surface area contributed by atoms with Crippen LogP contribution in [-0.2, 0) is 17.6 Å². The van der Waals surface area contributed by atoms with E-state index in [-0.39, 0.29) is 18.5 Å². The third-order valence-electron chi connectivity index (χ3n) is 5.19. The predicted molar refractivity (Wildman–Crippen MR) is 108 cm³/mol. The molecule has 0 bridgehead atoms. The number of pyridine rings is 1. The van der Waals surface area contributed by atoms with Crippen LogP contribution in [0.15, 0.2) is 16.6 Å². The van der Waals surface area contributed by atoms with E-state index in [1.54, 1.807) is 7.11 Å². The lowest BCUT2D eigenvalue weighted by atomic mass is 9.91. The topological polar surface area (TPSA) is 80.7 Å². The van der Waals surface area contributed by atoms with E-state index in [0.29, 0.717) is 18.8 Å². The van der Waals surface area contributed by atoms with Crippen molar-refractivity contribution in [2.45, 2.75) is 44.2 Å². The van der Waals surface area contributed by atoms with Gasteiger partial charge in [-0.25, -0.2) is 4.98 Å². The van der Waals surface area contributed by atoms with E-state index in [2.05, 4.69) is 21.2 Å². The van der Waals surface area contributed by atoms with Crippen LogP contribution in [0.25, 0.3) is 10.8 Å². The van der Waals surface area contributed by atoms with Gasteiger partial charge in [-0.3, -0.25) is 4.79 Å². The molecule has 1 aliphatic heterocycles. The first kappa shape index (κ1) is 20.2. The molecule has 2 heterocycles. The number of halogens is 2. The monoisotopic (exact) mass is 456 g/mol. The van der Waals surface area contributed by atoms with E-state index in [0.717, 1.165) is 52.4 Å². The van der Waals surface area contributed by atoms with E-state index < -0.39 is 12.0 Å². The molecule has 0 spiro atoms. The maximum atomic E-state index is 11.2. The first-order valence-corrected chi connectivity index (χ1v) is 9.68. The number of ether oxygens (including phenoxy) is 2. The van der Waals surface area contributed by atoms with Crippen molar-refractivity contribution in [2.75, 3.05) is 13.7 Å². The lowest BCUT2D eigenvalue weighted by Crippen LogP contribution is -2.30. The molecule has 4 rings (SSSR count). The van der Waals surface area contributed by atoms with Crippen LogP contribution in [0.3, 0.4) is 0 Å². The minimum atomic E-state index is -0.841. The van der Waals surface area contributed by atoms with Crippen molar-refractivity contribution in [1.82, 2.24) is 10.3 Å². The summed E-state index contributed by atoms with van der Waals surface area (Å²) < 4.78 is 12.5. The lowest BCUT2D eigenvalue weighted by molar-refractivity contribution is -0.139. The first-order chi connectivity index (χ1) is 12.6. The van der Waals surface area contributed by atoms with Gasteiger partial charge in [0.05, 0.1) is 11.6 Å². The molecule has 1 fully saturated rings. The van der Waals surface area contributed by atoms with Gasteiger partial charge in [-0.2, -0.15) is 0 Å². The number of benzene rings is 1. The summed E-state index contributed by atoms with van der Waals surface area (Å²) in [7, 11) is 1.66. The van der Waals surface area contributed by atoms with Crippen molar-refractivity contribution in [1.29, 1.82) is 0 Å². The lowest BCUT2D eigenvalue weighted by Gasteiger charge is -2.22.